The van der Waals surface area contributed by atoms with Crippen molar-refractivity contribution in [1.82, 2.24) is 0 Å². The fourth-order valence-electron chi connectivity index (χ4n) is 3.89. The third kappa shape index (κ3) is 2.69. The summed E-state index contributed by atoms with van der Waals surface area (Å²) in [5.74, 6) is 0. The van der Waals surface area contributed by atoms with Crippen molar-refractivity contribution in [3.8, 4) is 0 Å². The molecule has 0 heterocycles. The zero-order valence-corrected chi connectivity index (χ0v) is 9.71. The summed E-state index contributed by atoms with van der Waals surface area (Å²) in [4.78, 5) is 0. The lowest BCUT2D eigenvalue weighted by atomic mass is 9.56. The Morgan fingerprint density at radius 3 is 1.54 bits per heavy atom. The van der Waals surface area contributed by atoms with Gasteiger partial charge in [-0.1, -0.05) is 34.6 Å². The Labute approximate surface area is 81.9 Å². The Morgan fingerprint density at radius 1 is 0.846 bits per heavy atom. The van der Waals surface area contributed by atoms with E-state index in [4.69, 9.17) is 0 Å². The van der Waals surface area contributed by atoms with E-state index in [1.165, 1.54) is 6.42 Å². The first-order valence-corrected chi connectivity index (χ1v) is 5.24. The topological polar surface area (TPSA) is 0 Å². The highest BCUT2D eigenvalue weighted by molar-refractivity contribution is 4.94. The lowest BCUT2D eigenvalue weighted by molar-refractivity contribution is -0.00537. The van der Waals surface area contributed by atoms with Gasteiger partial charge in [-0.2, -0.15) is 0 Å². The largest absolute Gasteiger partial charge is 0.251 e. The lowest BCUT2D eigenvalue weighted by Crippen LogP contribution is -2.40. The van der Waals surface area contributed by atoms with E-state index in [1.54, 1.807) is 0 Å². The van der Waals surface area contributed by atoms with Crippen molar-refractivity contribution in [2.75, 3.05) is 6.67 Å². The zero-order chi connectivity index (χ0) is 10.3. The molecule has 1 fully saturated rings. The van der Waals surface area contributed by atoms with Gasteiger partial charge < -0.3 is 0 Å². The maximum Gasteiger partial charge on any atom is 0.0948 e. The molecule has 0 aliphatic heterocycles. The van der Waals surface area contributed by atoms with Crippen LogP contribution in [0.15, 0.2) is 0 Å². The van der Waals surface area contributed by atoms with Gasteiger partial charge in [-0.15, -0.1) is 0 Å². The summed E-state index contributed by atoms with van der Waals surface area (Å²) in [6.45, 7) is 11.0. The van der Waals surface area contributed by atoms with Crippen LogP contribution in [0, 0.1) is 16.2 Å². The Bertz CT molecular complexity index is 175. The molecule has 0 aromatic heterocycles. The summed E-state index contributed by atoms with van der Waals surface area (Å²) < 4.78 is 12.9. The van der Waals surface area contributed by atoms with E-state index in [0.717, 1.165) is 12.8 Å². The molecule has 78 valence electrons. The summed E-state index contributed by atoms with van der Waals surface area (Å²) >= 11 is 0. The summed E-state index contributed by atoms with van der Waals surface area (Å²) in [5, 5.41) is 0. The fraction of sp³-hybridized carbons (Fsp3) is 1.00. The van der Waals surface area contributed by atoms with Crippen LogP contribution in [-0.4, -0.2) is 6.67 Å². The minimum Gasteiger partial charge on any atom is -0.251 e. The van der Waals surface area contributed by atoms with Gasteiger partial charge in [0, 0.05) is 0 Å². The Hall–Kier alpha value is -0.0700. The molecule has 0 radical (unpaired) electrons. The van der Waals surface area contributed by atoms with Crippen LogP contribution in [0.2, 0.25) is 0 Å². The van der Waals surface area contributed by atoms with Gasteiger partial charge in [0.15, 0.2) is 0 Å². The van der Waals surface area contributed by atoms with E-state index < -0.39 is 0 Å². The molecule has 0 N–H and O–H groups in total. The van der Waals surface area contributed by atoms with Crippen molar-refractivity contribution in [2.45, 2.75) is 53.9 Å². The van der Waals surface area contributed by atoms with Gasteiger partial charge in [-0.05, 0) is 35.5 Å². The first-order chi connectivity index (χ1) is 5.68. The summed E-state index contributed by atoms with van der Waals surface area (Å²) in [7, 11) is 0. The first-order valence-electron chi connectivity index (χ1n) is 5.24. The quantitative estimate of drug-likeness (QED) is 0.575. The summed E-state index contributed by atoms with van der Waals surface area (Å²) in [6.07, 6.45) is 3.27. The van der Waals surface area contributed by atoms with Crippen LogP contribution in [0.5, 0.6) is 0 Å². The molecule has 0 nitrogen and oxygen atoms in total. The van der Waals surface area contributed by atoms with Crippen molar-refractivity contribution in [1.29, 1.82) is 0 Å². The third-order valence-electron chi connectivity index (χ3n) is 3.09. The number of halogens is 1. The molecule has 0 spiro atoms. The van der Waals surface area contributed by atoms with E-state index in [1.807, 2.05) is 0 Å². The van der Waals surface area contributed by atoms with Crippen molar-refractivity contribution in [3.05, 3.63) is 0 Å². The van der Waals surface area contributed by atoms with Crippen LogP contribution in [0.1, 0.15) is 53.9 Å². The predicted molar refractivity (Wildman–Crippen MR) is 55.5 cm³/mol. The van der Waals surface area contributed by atoms with Crippen molar-refractivity contribution in [2.24, 2.45) is 16.2 Å². The van der Waals surface area contributed by atoms with Gasteiger partial charge in [0.1, 0.15) is 0 Å². The number of hydrogen-bond donors (Lipinski definition) is 0. The van der Waals surface area contributed by atoms with Gasteiger partial charge in [0.05, 0.1) is 6.67 Å². The maximum absolute atomic E-state index is 12.9. The van der Waals surface area contributed by atoms with E-state index >= 15 is 0 Å². The number of hydrogen-bond acceptors (Lipinski definition) is 0. The van der Waals surface area contributed by atoms with Crippen LogP contribution < -0.4 is 0 Å². The molecule has 0 aromatic carbocycles. The van der Waals surface area contributed by atoms with Crippen LogP contribution >= 0.6 is 0 Å². The van der Waals surface area contributed by atoms with Crippen molar-refractivity contribution >= 4 is 0 Å². The average Bonchev–Trinajstić information content (AvgIpc) is 1.79. The van der Waals surface area contributed by atoms with Gasteiger partial charge in [-0.25, -0.2) is 0 Å². The normalized spacial score (nSPS) is 30.0. The smallest absolute Gasteiger partial charge is 0.0948 e. The van der Waals surface area contributed by atoms with E-state index in [9.17, 15) is 4.39 Å². The van der Waals surface area contributed by atoms with Gasteiger partial charge in [-0.3, -0.25) is 4.39 Å². The molecule has 1 aliphatic rings. The van der Waals surface area contributed by atoms with Crippen LogP contribution in [-0.2, 0) is 0 Å². The number of rotatable bonds is 1. The predicted octanol–water partition coefficient (Wildman–Crippen LogP) is 4.20. The monoisotopic (exact) mass is 186 g/mol. The highest BCUT2D eigenvalue weighted by atomic mass is 19.1. The second kappa shape index (κ2) is 2.96. The van der Waals surface area contributed by atoms with Gasteiger partial charge >= 0.3 is 0 Å². The molecule has 1 heteroatoms. The van der Waals surface area contributed by atoms with Gasteiger partial charge in [0.25, 0.3) is 0 Å². The van der Waals surface area contributed by atoms with Crippen LogP contribution in [0.25, 0.3) is 0 Å². The molecule has 1 aliphatic carbocycles. The molecular formula is C12H23F. The first kappa shape index (κ1) is 11.0. The standard InChI is InChI=1S/C12H23F/c1-10(2)6-11(3,4)8-12(5,7-10)9-13/h6-9H2,1-5H3. The Balaban J connectivity index is 2.84. The van der Waals surface area contributed by atoms with Crippen molar-refractivity contribution in [3.63, 3.8) is 0 Å². The maximum atomic E-state index is 12.9. The summed E-state index contributed by atoms with van der Waals surface area (Å²) in [6, 6.07) is 0. The van der Waals surface area contributed by atoms with Crippen molar-refractivity contribution < 1.29 is 4.39 Å². The minimum atomic E-state index is -0.167. The van der Waals surface area contributed by atoms with Gasteiger partial charge in [0.2, 0.25) is 0 Å². The SMILES string of the molecule is CC1(C)CC(C)(C)CC(C)(CF)C1. The van der Waals surface area contributed by atoms with E-state index in [2.05, 4.69) is 34.6 Å². The molecule has 0 aromatic rings. The molecule has 0 saturated heterocycles. The molecule has 0 unspecified atom stereocenters. The highest BCUT2D eigenvalue weighted by Gasteiger charge is 2.44. The molecule has 13 heavy (non-hydrogen) atoms. The number of alkyl halides is 1. The van der Waals surface area contributed by atoms with E-state index in [0.29, 0.717) is 10.8 Å². The molecule has 0 bridgehead atoms. The molecule has 0 atom stereocenters. The molecule has 0 amide bonds. The lowest BCUT2D eigenvalue weighted by Gasteiger charge is -2.49. The Morgan fingerprint density at radius 2 is 1.23 bits per heavy atom. The zero-order valence-electron chi connectivity index (χ0n) is 9.71. The van der Waals surface area contributed by atoms with Crippen LogP contribution in [0.4, 0.5) is 4.39 Å². The second-order valence-electron chi connectivity index (χ2n) is 6.80. The molecule has 1 rings (SSSR count). The average molecular weight is 186 g/mol. The minimum absolute atomic E-state index is 0.0781. The highest BCUT2D eigenvalue weighted by Crippen LogP contribution is 2.53. The Kier molecular flexibility index (Phi) is 2.51. The second-order valence-corrected chi connectivity index (χ2v) is 6.80. The third-order valence-corrected chi connectivity index (χ3v) is 3.09. The molecule has 1 saturated carbocycles. The molecular weight excluding hydrogens is 163 g/mol. The summed E-state index contributed by atoms with van der Waals surface area (Å²) in [5.41, 5.74) is 0.538. The van der Waals surface area contributed by atoms with E-state index in [-0.39, 0.29) is 12.1 Å². The van der Waals surface area contributed by atoms with Crippen LogP contribution in [0.3, 0.4) is 0 Å². The fourth-order valence-corrected chi connectivity index (χ4v) is 3.89.